The quantitative estimate of drug-likeness (QED) is 0.875. The number of ether oxygens (including phenoxy) is 1. The summed E-state index contributed by atoms with van der Waals surface area (Å²) in [4.78, 5) is 23.6. The van der Waals surface area contributed by atoms with E-state index in [1.54, 1.807) is 0 Å². The highest BCUT2D eigenvalue weighted by atomic mass is 32.2. The third-order valence-corrected chi connectivity index (χ3v) is 3.52. The molecule has 1 N–H and O–H groups in total. The van der Waals surface area contributed by atoms with Gasteiger partial charge in [0.05, 0.1) is 0 Å². The normalized spacial score (nSPS) is 12.0. The number of carbonyl (C=O) groups excluding carboxylic acids is 2. The molecule has 0 bridgehead atoms. The number of thioether (sulfide) groups is 1. The third-order valence-electron chi connectivity index (χ3n) is 2.69. The number of hydrogen-bond acceptors (Lipinski definition) is 4. The van der Waals surface area contributed by atoms with Crippen LogP contribution in [0, 0.1) is 5.92 Å². The lowest BCUT2D eigenvalue weighted by Gasteiger charge is -2.20. The van der Waals surface area contributed by atoms with Gasteiger partial charge in [0.15, 0.2) is 0 Å². The Labute approximate surface area is 124 Å². The smallest absolute Gasteiger partial charge is 0.408 e. The summed E-state index contributed by atoms with van der Waals surface area (Å²) in [6.07, 6.45) is -0.558. The molecule has 0 saturated carbocycles. The van der Waals surface area contributed by atoms with Gasteiger partial charge in [-0.1, -0.05) is 62.9 Å². The van der Waals surface area contributed by atoms with Crippen molar-refractivity contribution < 1.29 is 14.3 Å². The molecule has 0 spiro atoms. The lowest BCUT2D eigenvalue weighted by Crippen LogP contribution is -2.43. The van der Waals surface area contributed by atoms with E-state index in [4.69, 9.17) is 4.74 Å². The number of hydrogen-bond donors (Lipinski definition) is 1. The van der Waals surface area contributed by atoms with Crippen LogP contribution in [0.5, 0.6) is 0 Å². The number of benzene rings is 1. The van der Waals surface area contributed by atoms with Crippen molar-refractivity contribution in [2.45, 2.75) is 33.4 Å². The summed E-state index contributed by atoms with van der Waals surface area (Å²) in [7, 11) is 0. The Morgan fingerprint density at radius 2 is 1.90 bits per heavy atom. The predicted octanol–water partition coefficient (Wildman–Crippen LogP) is 3.22. The van der Waals surface area contributed by atoms with E-state index in [9.17, 15) is 9.59 Å². The second-order valence-electron chi connectivity index (χ2n) is 4.68. The Hall–Kier alpha value is -1.49. The molecule has 0 fully saturated rings. The minimum absolute atomic E-state index is 0.0286. The Kier molecular flexibility index (Phi) is 7.15. The summed E-state index contributed by atoms with van der Waals surface area (Å²) >= 11 is 1.21. The molecule has 1 amide bonds. The summed E-state index contributed by atoms with van der Waals surface area (Å²) in [6, 6.07) is 8.92. The molecule has 5 heteroatoms. The maximum Gasteiger partial charge on any atom is 0.408 e. The van der Waals surface area contributed by atoms with Crippen molar-refractivity contribution >= 4 is 23.0 Å². The molecule has 4 nitrogen and oxygen atoms in total. The molecule has 1 atom stereocenters. The van der Waals surface area contributed by atoms with Crippen LogP contribution in [-0.2, 0) is 16.1 Å². The van der Waals surface area contributed by atoms with E-state index in [1.165, 1.54) is 11.8 Å². The monoisotopic (exact) mass is 295 g/mol. The fraction of sp³-hybridized carbons (Fsp3) is 0.467. The van der Waals surface area contributed by atoms with Crippen molar-refractivity contribution in [2.24, 2.45) is 5.92 Å². The van der Waals surface area contributed by atoms with Crippen LogP contribution in [0.2, 0.25) is 0 Å². The zero-order valence-corrected chi connectivity index (χ0v) is 12.9. The molecule has 0 unspecified atom stereocenters. The fourth-order valence-electron chi connectivity index (χ4n) is 1.62. The Bertz CT molecular complexity index is 434. The lowest BCUT2D eigenvalue weighted by molar-refractivity contribution is -0.113. The van der Waals surface area contributed by atoms with Crippen LogP contribution in [0.25, 0.3) is 0 Å². The SMILES string of the molecule is CCSC(=O)[C@@H](NC(=O)OCc1ccccc1)C(C)C. The van der Waals surface area contributed by atoms with Gasteiger partial charge in [0, 0.05) is 0 Å². The van der Waals surface area contributed by atoms with Gasteiger partial charge in [-0.15, -0.1) is 0 Å². The maximum absolute atomic E-state index is 11.9. The van der Waals surface area contributed by atoms with Gasteiger partial charge in [0.2, 0.25) is 5.12 Å². The molecule has 110 valence electrons. The number of alkyl carbamates (subject to hydrolysis) is 1. The van der Waals surface area contributed by atoms with Crippen molar-refractivity contribution in [2.75, 3.05) is 5.75 Å². The van der Waals surface area contributed by atoms with Crippen LogP contribution in [-0.4, -0.2) is 23.0 Å². The Balaban J connectivity index is 2.48. The van der Waals surface area contributed by atoms with Gasteiger partial charge in [-0.25, -0.2) is 4.79 Å². The Morgan fingerprint density at radius 3 is 2.45 bits per heavy atom. The van der Waals surface area contributed by atoms with Crippen molar-refractivity contribution in [1.82, 2.24) is 5.32 Å². The van der Waals surface area contributed by atoms with Crippen LogP contribution in [0.3, 0.4) is 0 Å². The van der Waals surface area contributed by atoms with Crippen LogP contribution >= 0.6 is 11.8 Å². The van der Waals surface area contributed by atoms with Gasteiger partial charge in [-0.2, -0.15) is 0 Å². The molecule has 1 rings (SSSR count). The molecule has 0 aliphatic carbocycles. The van der Waals surface area contributed by atoms with Gasteiger partial charge in [-0.3, -0.25) is 4.79 Å². The largest absolute Gasteiger partial charge is 0.445 e. The average molecular weight is 295 g/mol. The topological polar surface area (TPSA) is 55.4 Å². The van der Waals surface area contributed by atoms with E-state index in [2.05, 4.69) is 5.32 Å². The molecule has 1 aromatic carbocycles. The molecule has 0 saturated heterocycles. The van der Waals surface area contributed by atoms with Gasteiger partial charge in [-0.05, 0) is 17.2 Å². The summed E-state index contributed by atoms with van der Waals surface area (Å²) in [5.41, 5.74) is 0.915. The minimum Gasteiger partial charge on any atom is -0.445 e. The van der Waals surface area contributed by atoms with Crippen LogP contribution in [0.15, 0.2) is 30.3 Å². The first-order valence-corrected chi connectivity index (χ1v) is 7.67. The van der Waals surface area contributed by atoms with Gasteiger partial charge in [0.25, 0.3) is 0 Å². The molecule has 20 heavy (non-hydrogen) atoms. The summed E-state index contributed by atoms with van der Waals surface area (Å²) in [5, 5.41) is 2.61. The van der Waals surface area contributed by atoms with Gasteiger partial charge in [0.1, 0.15) is 12.6 Å². The maximum atomic E-state index is 11.9. The van der Waals surface area contributed by atoms with E-state index in [0.29, 0.717) is 5.75 Å². The second-order valence-corrected chi connectivity index (χ2v) is 5.95. The highest BCUT2D eigenvalue weighted by Gasteiger charge is 2.24. The molecule has 0 heterocycles. The van der Waals surface area contributed by atoms with Crippen LogP contribution < -0.4 is 5.32 Å². The second kappa shape index (κ2) is 8.64. The molecular formula is C15H21NO3S. The van der Waals surface area contributed by atoms with Gasteiger partial charge < -0.3 is 10.1 Å². The van der Waals surface area contributed by atoms with E-state index in [0.717, 1.165) is 5.56 Å². The van der Waals surface area contributed by atoms with Crippen molar-refractivity contribution in [3.8, 4) is 0 Å². The molecule has 0 aromatic heterocycles. The number of nitrogens with one attached hydrogen (secondary N) is 1. The predicted molar refractivity (Wildman–Crippen MR) is 81.5 cm³/mol. The van der Waals surface area contributed by atoms with Crippen LogP contribution in [0.1, 0.15) is 26.3 Å². The zero-order chi connectivity index (χ0) is 15.0. The minimum atomic E-state index is -0.558. The molecular weight excluding hydrogens is 274 g/mol. The zero-order valence-electron chi connectivity index (χ0n) is 12.1. The first-order valence-electron chi connectivity index (χ1n) is 6.68. The molecule has 0 radical (unpaired) electrons. The van der Waals surface area contributed by atoms with Crippen LogP contribution in [0.4, 0.5) is 4.79 Å². The fourth-order valence-corrected chi connectivity index (χ4v) is 2.42. The number of amides is 1. The summed E-state index contributed by atoms with van der Waals surface area (Å²) in [5.74, 6) is 0.730. The Morgan fingerprint density at radius 1 is 1.25 bits per heavy atom. The highest BCUT2D eigenvalue weighted by Crippen LogP contribution is 2.12. The highest BCUT2D eigenvalue weighted by molar-refractivity contribution is 8.13. The van der Waals surface area contributed by atoms with E-state index in [1.807, 2.05) is 51.1 Å². The molecule has 0 aliphatic rings. The number of rotatable bonds is 6. The van der Waals surface area contributed by atoms with Crippen molar-refractivity contribution in [1.29, 1.82) is 0 Å². The van der Waals surface area contributed by atoms with E-state index < -0.39 is 12.1 Å². The van der Waals surface area contributed by atoms with Crippen molar-refractivity contribution in [3.63, 3.8) is 0 Å². The third kappa shape index (κ3) is 5.65. The molecule has 0 aliphatic heterocycles. The average Bonchev–Trinajstić information content (AvgIpc) is 2.43. The van der Waals surface area contributed by atoms with E-state index in [-0.39, 0.29) is 17.6 Å². The van der Waals surface area contributed by atoms with E-state index >= 15 is 0 Å². The first-order chi connectivity index (χ1) is 9.54. The summed E-state index contributed by atoms with van der Waals surface area (Å²) < 4.78 is 5.13. The summed E-state index contributed by atoms with van der Waals surface area (Å²) in [6.45, 7) is 5.91. The standard InChI is InChI=1S/C15H21NO3S/c1-4-20-14(17)13(11(2)3)16-15(18)19-10-12-8-6-5-7-9-12/h5-9,11,13H,4,10H2,1-3H3,(H,16,18)/t13-/m0/s1. The first kappa shape index (κ1) is 16.6. The lowest BCUT2D eigenvalue weighted by atomic mass is 10.1. The number of carbonyl (C=O) groups is 2. The van der Waals surface area contributed by atoms with Crippen molar-refractivity contribution in [3.05, 3.63) is 35.9 Å². The van der Waals surface area contributed by atoms with Gasteiger partial charge >= 0.3 is 6.09 Å². The molecule has 1 aromatic rings.